The van der Waals surface area contributed by atoms with E-state index in [2.05, 4.69) is 5.32 Å². The maximum Gasteiger partial charge on any atom is 0.419 e. The Kier molecular flexibility index (Phi) is 4.48. The monoisotopic (exact) mass is 330 g/mol. The minimum Gasteiger partial charge on any atom is -0.408 e. The molecule has 0 fully saturated rings. The summed E-state index contributed by atoms with van der Waals surface area (Å²) in [6.07, 6.45) is 0.188. The summed E-state index contributed by atoms with van der Waals surface area (Å²) in [5.74, 6) is -0.604. The van der Waals surface area contributed by atoms with Gasteiger partial charge in [0.25, 0.3) is 0 Å². The lowest BCUT2D eigenvalue weighted by atomic mass is 10.2. The second kappa shape index (κ2) is 6.71. The first-order valence-corrected chi connectivity index (χ1v) is 7.61. The molecule has 1 heterocycles. The molecule has 1 amide bonds. The number of para-hydroxylation sites is 2. The molecular weight excluding hydrogens is 316 g/mol. The number of hydrogen-bond donors (Lipinski definition) is 1. The van der Waals surface area contributed by atoms with Crippen molar-refractivity contribution in [3.63, 3.8) is 0 Å². The van der Waals surface area contributed by atoms with Gasteiger partial charge in [0.05, 0.1) is 5.52 Å². The minimum absolute atomic E-state index is 0.151. The van der Waals surface area contributed by atoms with Gasteiger partial charge in [0.2, 0.25) is 5.91 Å². The number of halogens is 1. The number of aromatic nitrogens is 1. The third-order valence-corrected chi connectivity index (χ3v) is 3.94. The van der Waals surface area contributed by atoms with Crippen LogP contribution in [0.5, 0.6) is 0 Å². The lowest BCUT2D eigenvalue weighted by Gasteiger charge is -2.07. The number of amides is 1. The second-order valence-electron chi connectivity index (χ2n) is 5.11. The van der Waals surface area contributed by atoms with Gasteiger partial charge < -0.3 is 9.73 Å². The first kappa shape index (κ1) is 15.4. The number of rotatable bonds is 5. The van der Waals surface area contributed by atoms with Crippen molar-refractivity contribution in [2.45, 2.75) is 19.5 Å². The van der Waals surface area contributed by atoms with E-state index in [-0.39, 0.29) is 18.9 Å². The summed E-state index contributed by atoms with van der Waals surface area (Å²) < 4.78 is 6.60. The summed E-state index contributed by atoms with van der Waals surface area (Å²) in [4.78, 5) is 23.8. The summed E-state index contributed by atoms with van der Waals surface area (Å²) in [6, 6.07) is 14.5. The van der Waals surface area contributed by atoms with Crippen molar-refractivity contribution in [1.29, 1.82) is 0 Å². The third-order valence-electron chi connectivity index (χ3n) is 3.57. The topological polar surface area (TPSA) is 64.2 Å². The van der Waals surface area contributed by atoms with Gasteiger partial charge in [0.15, 0.2) is 5.58 Å². The van der Waals surface area contributed by atoms with Crippen molar-refractivity contribution in [2.24, 2.45) is 0 Å². The van der Waals surface area contributed by atoms with E-state index >= 15 is 0 Å². The van der Waals surface area contributed by atoms with Crippen LogP contribution in [0.15, 0.2) is 57.7 Å². The van der Waals surface area contributed by atoms with E-state index in [0.29, 0.717) is 22.7 Å². The molecule has 0 bridgehead atoms. The van der Waals surface area contributed by atoms with Crippen LogP contribution in [0.1, 0.15) is 12.0 Å². The SMILES string of the molecule is O=C(CCn1c(=O)oc2ccccc21)NCc1ccccc1Cl. The van der Waals surface area contributed by atoms with Crippen LogP contribution < -0.4 is 11.1 Å². The highest BCUT2D eigenvalue weighted by atomic mass is 35.5. The number of fused-ring (bicyclic) bond motifs is 1. The highest BCUT2D eigenvalue weighted by Gasteiger charge is 2.10. The molecule has 0 radical (unpaired) electrons. The largest absolute Gasteiger partial charge is 0.419 e. The van der Waals surface area contributed by atoms with Crippen molar-refractivity contribution >= 4 is 28.6 Å². The molecule has 23 heavy (non-hydrogen) atoms. The molecule has 3 aromatic rings. The van der Waals surface area contributed by atoms with Gasteiger partial charge in [-0.25, -0.2) is 4.79 Å². The van der Waals surface area contributed by atoms with Crippen LogP contribution in [-0.4, -0.2) is 10.5 Å². The Bertz CT molecular complexity index is 898. The van der Waals surface area contributed by atoms with Crippen molar-refractivity contribution in [1.82, 2.24) is 9.88 Å². The molecule has 0 spiro atoms. The molecule has 0 unspecified atom stereocenters. The highest BCUT2D eigenvalue weighted by Crippen LogP contribution is 2.14. The molecule has 2 aromatic carbocycles. The number of hydrogen-bond acceptors (Lipinski definition) is 3. The van der Waals surface area contributed by atoms with Crippen molar-refractivity contribution in [2.75, 3.05) is 0 Å². The molecule has 0 aliphatic heterocycles. The fourth-order valence-corrected chi connectivity index (χ4v) is 2.57. The number of carbonyl (C=O) groups is 1. The smallest absolute Gasteiger partial charge is 0.408 e. The van der Waals surface area contributed by atoms with E-state index in [1.807, 2.05) is 24.3 Å². The van der Waals surface area contributed by atoms with E-state index in [4.69, 9.17) is 16.0 Å². The highest BCUT2D eigenvalue weighted by molar-refractivity contribution is 6.31. The molecule has 0 saturated heterocycles. The minimum atomic E-state index is -0.454. The third kappa shape index (κ3) is 3.46. The fourth-order valence-electron chi connectivity index (χ4n) is 2.36. The van der Waals surface area contributed by atoms with Crippen LogP contribution in [0.2, 0.25) is 5.02 Å². The normalized spacial score (nSPS) is 10.8. The van der Waals surface area contributed by atoms with E-state index in [1.54, 1.807) is 24.3 Å². The van der Waals surface area contributed by atoms with Crippen LogP contribution >= 0.6 is 11.6 Å². The molecule has 3 rings (SSSR count). The van der Waals surface area contributed by atoms with Crippen LogP contribution in [0.4, 0.5) is 0 Å². The van der Waals surface area contributed by atoms with Crippen LogP contribution in [0.25, 0.3) is 11.1 Å². The van der Waals surface area contributed by atoms with Gasteiger partial charge in [-0.2, -0.15) is 0 Å². The van der Waals surface area contributed by atoms with E-state index < -0.39 is 5.76 Å². The molecule has 1 N–H and O–H groups in total. The molecule has 0 aliphatic rings. The Labute approximate surface area is 137 Å². The van der Waals surface area contributed by atoms with Gasteiger partial charge in [0.1, 0.15) is 0 Å². The van der Waals surface area contributed by atoms with E-state index in [1.165, 1.54) is 4.57 Å². The zero-order valence-electron chi connectivity index (χ0n) is 12.3. The number of benzene rings is 2. The predicted molar refractivity (Wildman–Crippen MR) is 88.4 cm³/mol. The standard InChI is InChI=1S/C17H15ClN2O3/c18-13-6-2-1-5-12(13)11-19-16(21)9-10-20-14-7-3-4-8-15(14)23-17(20)22/h1-8H,9-11H2,(H,19,21). The summed E-state index contributed by atoms with van der Waals surface area (Å²) in [7, 11) is 0. The average Bonchev–Trinajstić information content (AvgIpc) is 2.87. The van der Waals surface area contributed by atoms with Crippen molar-refractivity contribution < 1.29 is 9.21 Å². The quantitative estimate of drug-likeness (QED) is 0.782. The summed E-state index contributed by atoms with van der Waals surface area (Å²) in [6.45, 7) is 0.629. The molecular formula is C17H15ClN2O3. The van der Waals surface area contributed by atoms with Crippen LogP contribution in [0, 0.1) is 0 Å². The van der Waals surface area contributed by atoms with Gasteiger partial charge >= 0.3 is 5.76 Å². The predicted octanol–water partition coefficient (Wildman–Crippen LogP) is 2.95. The zero-order chi connectivity index (χ0) is 16.2. The van der Waals surface area contributed by atoms with Gasteiger partial charge in [-0.1, -0.05) is 41.9 Å². The Morgan fingerprint density at radius 1 is 1.13 bits per heavy atom. The Morgan fingerprint density at radius 2 is 1.87 bits per heavy atom. The number of aryl methyl sites for hydroxylation is 1. The first-order chi connectivity index (χ1) is 11.1. The molecule has 118 valence electrons. The van der Waals surface area contributed by atoms with Gasteiger partial charge in [-0.3, -0.25) is 9.36 Å². The lowest BCUT2D eigenvalue weighted by Crippen LogP contribution is -2.25. The summed E-state index contributed by atoms with van der Waals surface area (Å²) >= 11 is 6.04. The maximum absolute atomic E-state index is 12.0. The van der Waals surface area contributed by atoms with E-state index in [9.17, 15) is 9.59 Å². The van der Waals surface area contributed by atoms with Gasteiger partial charge in [-0.05, 0) is 23.8 Å². The second-order valence-corrected chi connectivity index (χ2v) is 5.51. The fraction of sp³-hybridized carbons (Fsp3) is 0.176. The average molecular weight is 331 g/mol. The number of nitrogens with zero attached hydrogens (tertiary/aromatic N) is 1. The Morgan fingerprint density at radius 3 is 2.70 bits per heavy atom. The molecule has 5 nitrogen and oxygen atoms in total. The number of carbonyl (C=O) groups excluding carboxylic acids is 1. The maximum atomic E-state index is 12.0. The van der Waals surface area contributed by atoms with Crippen LogP contribution in [0.3, 0.4) is 0 Å². The van der Waals surface area contributed by atoms with E-state index in [0.717, 1.165) is 5.56 Å². The van der Waals surface area contributed by atoms with Crippen LogP contribution in [-0.2, 0) is 17.9 Å². The lowest BCUT2D eigenvalue weighted by molar-refractivity contribution is -0.121. The number of oxazole rings is 1. The summed E-state index contributed by atoms with van der Waals surface area (Å²) in [5, 5.41) is 3.42. The number of nitrogens with one attached hydrogen (secondary N) is 1. The zero-order valence-corrected chi connectivity index (χ0v) is 13.0. The molecule has 6 heteroatoms. The molecule has 0 atom stereocenters. The first-order valence-electron chi connectivity index (χ1n) is 7.23. The van der Waals surface area contributed by atoms with Gasteiger partial charge in [-0.15, -0.1) is 0 Å². The Balaban J connectivity index is 1.61. The molecule has 0 saturated carbocycles. The van der Waals surface area contributed by atoms with Gasteiger partial charge in [0, 0.05) is 24.5 Å². The Hall–Kier alpha value is -2.53. The molecule has 1 aromatic heterocycles. The molecule has 0 aliphatic carbocycles. The van der Waals surface area contributed by atoms with Crippen molar-refractivity contribution in [3.8, 4) is 0 Å². The summed E-state index contributed by atoms with van der Waals surface area (Å²) in [5.41, 5.74) is 2.07. The van der Waals surface area contributed by atoms with Crippen molar-refractivity contribution in [3.05, 3.63) is 69.7 Å².